The summed E-state index contributed by atoms with van der Waals surface area (Å²) in [6.45, 7) is 0.756. The quantitative estimate of drug-likeness (QED) is 0.660. The first kappa shape index (κ1) is 21.7. The molecule has 1 fully saturated rings. The summed E-state index contributed by atoms with van der Waals surface area (Å²) in [5.41, 5.74) is 1.89. The van der Waals surface area contributed by atoms with Gasteiger partial charge < -0.3 is 33.9 Å². The second-order valence-corrected chi connectivity index (χ2v) is 6.90. The average molecular weight is 404 g/mol. The van der Waals surface area contributed by atoms with Crippen molar-refractivity contribution >= 4 is 0 Å². The van der Waals surface area contributed by atoms with Gasteiger partial charge in [-0.3, -0.25) is 0 Å². The molecule has 0 aliphatic carbocycles. The van der Waals surface area contributed by atoms with Crippen molar-refractivity contribution in [3.8, 4) is 5.75 Å². The van der Waals surface area contributed by atoms with Crippen LogP contribution in [0, 0.1) is 0 Å². The van der Waals surface area contributed by atoms with E-state index < -0.39 is 30.7 Å². The second kappa shape index (κ2) is 10.7. The number of methoxy groups -OCH3 is 2. The van der Waals surface area contributed by atoms with Crippen molar-refractivity contribution in [1.82, 2.24) is 0 Å². The van der Waals surface area contributed by atoms with Crippen molar-refractivity contribution in [2.75, 3.05) is 20.8 Å². The summed E-state index contributed by atoms with van der Waals surface area (Å²) in [5.74, 6) is 0.759. The van der Waals surface area contributed by atoms with Crippen LogP contribution in [0.2, 0.25) is 0 Å². The zero-order valence-corrected chi connectivity index (χ0v) is 16.6. The molecule has 1 aliphatic heterocycles. The largest absolute Gasteiger partial charge is 0.497 e. The Morgan fingerprint density at radius 2 is 1.45 bits per heavy atom. The second-order valence-electron chi connectivity index (χ2n) is 6.90. The van der Waals surface area contributed by atoms with Crippen molar-refractivity contribution in [1.29, 1.82) is 0 Å². The molecule has 0 unspecified atom stereocenters. The van der Waals surface area contributed by atoms with Gasteiger partial charge >= 0.3 is 0 Å². The van der Waals surface area contributed by atoms with Crippen LogP contribution < -0.4 is 4.74 Å². The number of hydrogen-bond acceptors (Lipinski definition) is 7. The third-order valence-corrected chi connectivity index (χ3v) is 4.85. The van der Waals surface area contributed by atoms with Crippen LogP contribution in [-0.2, 0) is 32.2 Å². The number of ether oxygens (including phenoxy) is 5. The zero-order valence-electron chi connectivity index (χ0n) is 16.6. The van der Waals surface area contributed by atoms with Gasteiger partial charge in [-0.1, -0.05) is 42.5 Å². The highest BCUT2D eigenvalue weighted by Gasteiger charge is 2.46. The third kappa shape index (κ3) is 5.76. The Morgan fingerprint density at radius 3 is 2.07 bits per heavy atom. The summed E-state index contributed by atoms with van der Waals surface area (Å²) in [5, 5.41) is 20.6. The van der Waals surface area contributed by atoms with E-state index in [1.807, 2.05) is 54.6 Å². The molecule has 2 aromatic carbocycles. The van der Waals surface area contributed by atoms with Gasteiger partial charge in [-0.05, 0) is 23.3 Å². The highest BCUT2D eigenvalue weighted by Crippen LogP contribution is 2.27. The van der Waals surface area contributed by atoms with Crippen molar-refractivity contribution in [2.24, 2.45) is 0 Å². The Morgan fingerprint density at radius 1 is 0.828 bits per heavy atom. The minimum atomic E-state index is -1.38. The summed E-state index contributed by atoms with van der Waals surface area (Å²) in [6.07, 6.45) is -4.61. The Kier molecular flexibility index (Phi) is 8.00. The summed E-state index contributed by atoms with van der Waals surface area (Å²) in [6, 6.07) is 17.1. The molecular weight excluding hydrogens is 376 g/mol. The standard InChI is InChI=1S/C22H28O7/c1-25-14-18-20(27-13-16-8-10-17(26-2)11-9-16)21(19(23)22(24)29-18)28-12-15-6-4-3-5-7-15/h3-11,18-24H,12-14H2,1-2H3/t18-,19+,20-,21-,22-/m1/s1. The van der Waals surface area contributed by atoms with Gasteiger partial charge in [0.05, 0.1) is 26.9 Å². The summed E-state index contributed by atoms with van der Waals surface area (Å²) >= 11 is 0. The van der Waals surface area contributed by atoms with Crippen molar-refractivity contribution < 1.29 is 33.9 Å². The van der Waals surface area contributed by atoms with Crippen LogP contribution in [0.1, 0.15) is 11.1 Å². The number of benzene rings is 2. The van der Waals surface area contributed by atoms with Crippen LogP contribution in [0.5, 0.6) is 5.75 Å². The van der Waals surface area contributed by atoms with Gasteiger partial charge in [0, 0.05) is 7.11 Å². The van der Waals surface area contributed by atoms with E-state index in [9.17, 15) is 10.2 Å². The molecule has 158 valence electrons. The molecule has 7 heteroatoms. The summed E-state index contributed by atoms with van der Waals surface area (Å²) < 4.78 is 28.0. The van der Waals surface area contributed by atoms with Gasteiger partial charge in [-0.15, -0.1) is 0 Å². The van der Waals surface area contributed by atoms with Crippen LogP contribution in [0.3, 0.4) is 0 Å². The average Bonchev–Trinajstić information content (AvgIpc) is 2.75. The maximum absolute atomic E-state index is 10.5. The lowest BCUT2D eigenvalue weighted by atomic mass is 9.98. The molecule has 2 aromatic rings. The molecule has 1 saturated heterocycles. The van der Waals surface area contributed by atoms with Crippen LogP contribution in [0.4, 0.5) is 0 Å². The van der Waals surface area contributed by atoms with E-state index in [2.05, 4.69) is 0 Å². The SMILES string of the molecule is COC[C@H]1O[C@@H](O)[C@@H](O)[C@@H](OCc2ccccc2)[C@@H]1OCc1ccc(OC)cc1. The minimum Gasteiger partial charge on any atom is -0.497 e. The highest BCUT2D eigenvalue weighted by molar-refractivity contribution is 5.26. The Labute approximate surface area is 170 Å². The molecule has 0 amide bonds. The number of aliphatic hydroxyl groups excluding tert-OH is 2. The van der Waals surface area contributed by atoms with Crippen molar-refractivity contribution in [3.05, 3.63) is 65.7 Å². The first-order valence-corrected chi connectivity index (χ1v) is 9.53. The molecule has 7 nitrogen and oxygen atoms in total. The van der Waals surface area contributed by atoms with E-state index in [-0.39, 0.29) is 19.8 Å². The van der Waals surface area contributed by atoms with E-state index in [0.29, 0.717) is 0 Å². The lowest BCUT2D eigenvalue weighted by Gasteiger charge is -2.42. The van der Waals surface area contributed by atoms with E-state index in [1.54, 1.807) is 14.2 Å². The van der Waals surface area contributed by atoms with E-state index in [0.717, 1.165) is 16.9 Å². The number of aliphatic hydroxyl groups is 2. The van der Waals surface area contributed by atoms with Gasteiger partial charge in [-0.2, -0.15) is 0 Å². The van der Waals surface area contributed by atoms with Gasteiger partial charge in [0.15, 0.2) is 6.29 Å². The predicted molar refractivity (Wildman–Crippen MR) is 105 cm³/mol. The number of hydrogen-bond donors (Lipinski definition) is 2. The Hall–Kier alpha value is -2.00. The molecule has 2 N–H and O–H groups in total. The van der Waals surface area contributed by atoms with Crippen LogP contribution >= 0.6 is 0 Å². The minimum absolute atomic E-state index is 0.197. The smallest absolute Gasteiger partial charge is 0.184 e. The van der Waals surface area contributed by atoms with Crippen LogP contribution in [-0.4, -0.2) is 61.7 Å². The molecule has 0 aromatic heterocycles. The fourth-order valence-electron chi connectivity index (χ4n) is 3.28. The van der Waals surface area contributed by atoms with E-state index in [4.69, 9.17) is 23.7 Å². The molecule has 0 radical (unpaired) electrons. The lowest BCUT2D eigenvalue weighted by Crippen LogP contribution is -2.60. The third-order valence-electron chi connectivity index (χ3n) is 4.85. The van der Waals surface area contributed by atoms with Gasteiger partial charge in [-0.25, -0.2) is 0 Å². The zero-order chi connectivity index (χ0) is 20.6. The van der Waals surface area contributed by atoms with Gasteiger partial charge in [0.2, 0.25) is 0 Å². The number of rotatable bonds is 9. The summed E-state index contributed by atoms with van der Waals surface area (Å²) in [4.78, 5) is 0. The van der Waals surface area contributed by atoms with Gasteiger partial charge in [0.25, 0.3) is 0 Å². The lowest BCUT2D eigenvalue weighted by molar-refractivity contribution is -0.306. The molecule has 1 aliphatic rings. The fourth-order valence-corrected chi connectivity index (χ4v) is 3.28. The maximum atomic E-state index is 10.5. The van der Waals surface area contributed by atoms with Crippen LogP contribution in [0.15, 0.2) is 54.6 Å². The molecule has 5 atom stereocenters. The molecule has 0 saturated carbocycles. The van der Waals surface area contributed by atoms with Crippen LogP contribution in [0.25, 0.3) is 0 Å². The molecule has 0 bridgehead atoms. The Bertz CT molecular complexity index is 722. The fraction of sp³-hybridized carbons (Fsp3) is 0.455. The summed E-state index contributed by atoms with van der Waals surface area (Å²) in [7, 11) is 3.16. The molecular formula is C22H28O7. The topological polar surface area (TPSA) is 86.6 Å². The molecule has 29 heavy (non-hydrogen) atoms. The predicted octanol–water partition coefficient (Wildman–Crippen LogP) is 1.89. The maximum Gasteiger partial charge on any atom is 0.184 e. The molecule has 3 rings (SSSR count). The van der Waals surface area contributed by atoms with Crippen molar-refractivity contribution in [3.63, 3.8) is 0 Å². The highest BCUT2D eigenvalue weighted by atomic mass is 16.7. The normalized spacial score (nSPS) is 27.0. The monoisotopic (exact) mass is 404 g/mol. The first-order valence-electron chi connectivity index (χ1n) is 9.53. The Balaban J connectivity index is 1.72. The van der Waals surface area contributed by atoms with Crippen molar-refractivity contribution in [2.45, 2.75) is 43.9 Å². The molecule has 1 heterocycles. The van der Waals surface area contributed by atoms with E-state index >= 15 is 0 Å². The molecule has 0 spiro atoms. The van der Waals surface area contributed by atoms with E-state index in [1.165, 1.54) is 0 Å². The first-order chi connectivity index (χ1) is 14.1. The van der Waals surface area contributed by atoms with Gasteiger partial charge in [0.1, 0.15) is 30.2 Å².